The minimum absolute atomic E-state index is 0.817. The van der Waals surface area contributed by atoms with Gasteiger partial charge in [-0.15, -0.1) is 0 Å². The quantitative estimate of drug-likeness (QED) is 0.571. The molecule has 0 saturated carbocycles. The maximum Gasteiger partial charge on any atom is 0.125 e. The largest absolute Gasteiger partial charge is 0.496 e. The van der Waals surface area contributed by atoms with Crippen LogP contribution in [0.2, 0.25) is 0 Å². The number of methoxy groups -OCH3 is 2. The topological polar surface area (TPSA) is 18.5 Å². The Morgan fingerprint density at radius 3 is 1.31 bits per heavy atom. The second-order valence-electron chi connectivity index (χ2n) is 7.08. The molecule has 2 aromatic carbocycles. The predicted molar refractivity (Wildman–Crippen MR) is 113 cm³/mol. The molecule has 2 heteroatoms. The van der Waals surface area contributed by atoms with Crippen LogP contribution in [0.25, 0.3) is 0 Å². The number of unbranched alkanes of at least 4 members (excludes halogenated alkanes) is 2. The molecule has 0 bridgehead atoms. The van der Waals surface area contributed by atoms with E-state index >= 15 is 0 Å². The van der Waals surface area contributed by atoms with Crippen LogP contribution in [0.1, 0.15) is 66.5 Å². The highest BCUT2D eigenvalue weighted by Crippen LogP contribution is 2.32. The van der Waals surface area contributed by atoms with Crippen molar-refractivity contribution >= 4 is 0 Å². The summed E-state index contributed by atoms with van der Waals surface area (Å²) in [5.41, 5.74) is 7.28. The van der Waals surface area contributed by atoms with Crippen molar-refractivity contribution in [1.82, 2.24) is 0 Å². The Kier molecular flexibility index (Phi) is 9.26. The lowest BCUT2D eigenvalue weighted by Crippen LogP contribution is -2.01. The van der Waals surface area contributed by atoms with E-state index in [1.807, 2.05) is 0 Å². The molecule has 0 fully saturated rings. The summed E-state index contributed by atoms with van der Waals surface area (Å²) in [4.78, 5) is 0. The van der Waals surface area contributed by atoms with Gasteiger partial charge in [0.05, 0.1) is 14.2 Å². The average Bonchev–Trinajstić information content (AvgIpc) is 2.55. The summed E-state index contributed by atoms with van der Waals surface area (Å²) < 4.78 is 11.2. The van der Waals surface area contributed by atoms with Gasteiger partial charge in [-0.3, -0.25) is 0 Å². The first-order valence-corrected chi connectivity index (χ1v) is 9.66. The van der Waals surface area contributed by atoms with E-state index in [4.69, 9.17) is 9.47 Å². The summed E-state index contributed by atoms with van der Waals surface area (Å²) >= 11 is 0. The van der Waals surface area contributed by atoms with Gasteiger partial charge in [0.25, 0.3) is 0 Å². The molecule has 0 saturated heterocycles. The minimum atomic E-state index is 0.817. The fraction of sp³-hybridized carbons (Fsp3) is 0.500. The molecule has 2 nitrogen and oxygen atoms in total. The normalized spacial score (nSPS) is 10.2. The molecule has 0 aromatic heterocycles. The predicted octanol–water partition coefficient (Wildman–Crippen LogP) is 6.72. The molecule has 2 rings (SSSR count). The van der Waals surface area contributed by atoms with Gasteiger partial charge in [-0.25, -0.2) is 0 Å². The Hall–Kier alpha value is -1.96. The Morgan fingerprint density at radius 1 is 0.654 bits per heavy atom. The summed E-state index contributed by atoms with van der Waals surface area (Å²) in [6.07, 6.45) is 4.89. The number of hydrogen-bond donors (Lipinski definition) is 0. The highest BCUT2D eigenvalue weighted by molar-refractivity contribution is 5.50. The van der Waals surface area contributed by atoms with Crippen molar-refractivity contribution < 1.29 is 9.47 Å². The number of ether oxygens (including phenoxy) is 2. The van der Waals surface area contributed by atoms with Crippen LogP contribution in [0, 0.1) is 27.7 Å². The van der Waals surface area contributed by atoms with E-state index in [1.165, 1.54) is 52.6 Å². The fourth-order valence-corrected chi connectivity index (χ4v) is 3.49. The number of benzene rings is 2. The Morgan fingerprint density at radius 2 is 1.04 bits per heavy atom. The highest BCUT2D eigenvalue weighted by Gasteiger charge is 2.13. The zero-order chi connectivity index (χ0) is 19.7. The molecule has 144 valence electrons. The lowest BCUT2D eigenvalue weighted by atomic mass is 9.96. The van der Waals surface area contributed by atoms with Gasteiger partial charge >= 0.3 is 0 Å². The van der Waals surface area contributed by atoms with E-state index in [1.54, 1.807) is 14.2 Å². The first kappa shape index (κ1) is 22.1. The van der Waals surface area contributed by atoms with Gasteiger partial charge in [0.15, 0.2) is 0 Å². The maximum absolute atomic E-state index is 5.60. The molecule has 0 heterocycles. The first-order valence-electron chi connectivity index (χ1n) is 9.66. The van der Waals surface area contributed by atoms with Crippen LogP contribution in [-0.2, 0) is 6.42 Å². The Bertz CT molecular complexity index is 642. The summed E-state index contributed by atoms with van der Waals surface area (Å²) in [5, 5.41) is 0. The van der Waals surface area contributed by atoms with Crippen molar-refractivity contribution in [1.29, 1.82) is 0 Å². The number of hydrogen-bond acceptors (Lipinski definition) is 2. The summed E-state index contributed by atoms with van der Waals surface area (Å²) in [5.74, 6) is 1.95. The van der Waals surface area contributed by atoms with Gasteiger partial charge in [0.1, 0.15) is 11.5 Å². The Balaban J connectivity index is 0.000000597. The molecular formula is C24H36O2. The fourth-order valence-electron chi connectivity index (χ4n) is 3.49. The van der Waals surface area contributed by atoms with Gasteiger partial charge in [0, 0.05) is 6.42 Å². The second kappa shape index (κ2) is 10.9. The smallest absolute Gasteiger partial charge is 0.125 e. The van der Waals surface area contributed by atoms with E-state index in [9.17, 15) is 0 Å². The molecular weight excluding hydrogens is 320 g/mol. The summed E-state index contributed by atoms with van der Waals surface area (Å²) in [6.45, 7) is 12.8. The van der Waals surface area contributed by atoms with E-state index in [0.717, 1.165) is 17.9 Å². The molecule has 0 aliphatic rings. The monoisotopic (exact) mass is 356 g/mol. The van der Waals surface area contributed by atoms with Crippen molar-refractivity contribution in [2.75, 3.05) is 14.2 Å². The van der Waals surface area contributed by atoms with Crippen LogP contribution in [-0.4, -0.2) is 14.2 Å². The van der Waals surface area contributed by atoms with Crippen molar-refractivity contribution in [3.05, 3.63) is 57.6 Å². The Labute approximate surface area is 160 Å². The van der Waals surface area contributed by atoms with Crippen molar-refractivity contribution in [2.45, 2.75) is 67.2 Å². The third-order valence-corrected chi connectivity index (χ3v) is 4.49. The lowest BCUT2D eigenvalue weighted by molar-refractivity contribution is 0.402. The molecule has 0 aliphatic heterocycles. The molecule has 0 amide bonds. The standard InChI is InChI=1S/C19H24O2.C5H12/c1-12-7-14(3)18(20-5)16(9-12)11-17-10-13(2)8-15(4)19(17)21-6;1-3-5-4-2/h7-10H,11H2,1-6H3;3-5H2,1-2H3. The zero-order valence-corrected chi connectivity index (χ0v) is 18.0. The average molecular weight is 357 g/mol. The lowest BCUT2D eigenvalue weighted by Gasteiger charge is -2.16. The van der Waals surface area contributed by atoms with Crippen LogP contribution in [0.15, 0.2) is 24.3 Å². The van der Waals surface area contributed by atoms with E-state index in [0.29, 0.717) is 0 Å². The van der Waals surface area contributed by atoms with Crippen LogP contribution >= 0.6 is 0 Å². The summed E-state index contributed by atoms with van der Waals surface area (Å²) in [7, 11) is 3.47. The first-order chi connectivity index (χ1) is 12.4. The molecule has 0 aliphatic carbocycles. The minimum Gasteiger partial charge on any atom is -0.496 e. The van der Waals surface area contributed by atoms with Gasteiger partial charge in [-0.1, -0.05) is 68.5 Å². The van der Waals surface area contributed by atoms with Crippen LogP contribution < -0.4 is 9.47 Å². The van der Waals surface area contributed by atoms with Crippen molar-refractivity contribution in [3.63, 3.8) is 0 Å². The number of aryl methyl sites for hydroxylation is 4. The van der Waals surface area contributed by atoms with Gasteiger partial charge in [-0.05, 0) is 49.9 Å². The molecule has 0 atom stereocenters. The van der Waals surface area contributed by atoms with Gasteiger partial charge in [0.2, 0.25) is 0 Å². The molecule has 0 radical (unpaired) electrons. The zero-order valence-electron chi connectivity index (χ0n) is 18.0. The van der Waals surface area contributed by atoms with Gasteiger partial charge < -0.3 is 9.47 Å². The van der Waals surface area contributed by atoms with Crippen LogP contribution in [0.4, 0.5) is 0 Å². The van der Waals surface area contributed by atoms with Gasteiger partial charge in [-0.2, -0.15) is 0 Å². The van der Waals surface area contributed by atoms with Crippen LogP contribution in [0.5, 0.6) is 11.5 Å². The second-order valence-corrected chi connectivity index (χ2v) is 7.08. The van der Waals surface area contributed by atoms with Crippen LogP contribution in [0.3, 0.4) is 0 Å². The number of rotatable bonds is 6. The molecule has 26 heavy (non-hydrogen) atoms. The summed E-state index contributed by atoms with van der Waals surface area (Å²) in [6, 6.07) is 8.70. The molecule has 0 spiro atoms. The SMILES string of the molecule is CCCCC.COc1c(C)cc(C)cc1Cc1cc(C)cc(C)c1OC. The molecule has 0 unspecified atom stereocenters. The maximum atomic E-state index is 5.60. The van der Waals surface area contributed by atoms with E-state index in [2.05, 4.69) is 65.8 Å². The third kappa shape index (κ3) is 6.09. The molecule has 2 aromatic rings. The van der Waals surface area contributed by atoms with Crippen molar-refractivity contribution in [3.8, 4) is 11.5 Å². The van der Waals surface area contributed by atoms with E-state index in [-0.39, 0.29) is 0 Å². The van der Waals surface area contributed by atoms with Crippen molar-refractivity contribution in [2.24, 2.45) is 0 Å². The molecule has 0 N–H and O–H groups in total. The highest BCUT2D eigenvalue weighted by atomic mass is 16.5. The third-order valence-electron chi connectivity index (χ3n) is 4.49. The van der Waals surface area contributed by atoms with E-state index < -0.39 is 0 Å².